The van der Waals surface area contributed by atoms with E-state index in [1.165, 1.54) is 0 Å². The summed E-state index contributed by atoms with van der Waals surface area (Å²) in [6.45, 7) is -0.279. The van der Waals surface area contributed by atoms with Gasteiger partial charge in [-0.3, -0.25) is 14.5 Å². The van der Waals surface area contributed by atoms with Crippen LogP contribution in [-0.4, -0.2) is 29.2 Å². The van der Waals surface area contributed by atoms with Crippen molar-refractivity contribution in [1.82, 2.24) is 10.2 Å². The molecule has 1 N–H and O–H groups in total. The maximum Gasteiger partial charge on any atom is 0.325 e. The van der Waals surface area contributed by atoms with E-state index in [4.69, 9.17) is 0 Å². The van der Waals surface area contributed by atoms with Gasteiger partial charge in [0.15, 0.2) is 5.78 Å². The summed E-state index contributed by atoms with van der Waals surface area (Å²) in [6.07, 6.45) is 0. The van der Waals surface area contributed by atoms with Crippen LogP contribution in [0.15, 0.2) is 84.9 Å². The van der Waals surface area contributed by atoms with Crippen molar-refractivity contribution in [3.05, 3.63) is 96.1 Å². The molecule has 1 heterocycles. The highest BCUT2D eigenvalue weighted by Gasteiger charge is 2.39. The first-order valence-electron chi connectivity index (χ1n) is 8.99. The number of hydrogen-bond donors (Lipinski definition) is 1. The van der Waals surface area contributed by atoms with E-state index in [0.29, 0.717) is 11.1 Å². The summed E-state index contributed by atoms with van der Waals surface area (Å²) in [7, 11) is 0. The summed E-state index contributed by atoms with van der Waals surface area (Å²) < 4.78 is 0. The van der Waals surface area contributed by atoms with Gasteiger partial charge in [0.1, 0.15) is 6.04 Å². The molecule has 5 heteroatoms. The molecule has 28 heavy (non-hydrogen) atoms. The molecule has 0 saturated carbocycles. The summed E-state index contributed by atoms with van der Waals surface area (Å²) in [5, 5.41) is 2.64. The van der Waals surface area contributed by atoms with Gasteiger partial charge in [0.05, 0.1) is 6.54 Å². The fourth-order valence-corrected chi connectivity index (χ4v) is 3.25. The number of nitrogens with one attached hydrogen (secondary N) is 1. The molecule has 1 fully saturated rings. The smallest absolute Gasteiger partial charge is 0.322 e. The molecule has 0 bridgehead atoms. The summed E-state index contributed by atoms with van der Waals surface area (Å²) in [6, 6.07) is 24.7. The number of nitrogens with zero attached hydrogens (tertiary/aromatic N) is 1. The van der Waals surface area contributed by atoms with Crippen molar-refractivity contribution in [3.63, 3.8) is 0 Å². The maximum absolute atomic E-state index is 12.6. The molecule has 0 radical (unpaired) electrons. The number of urea groups is 1. The van der Waals surface area contributed by atoms with Crippen LogP contribution in [0.25, 0.3) is 11.1 Å². The molecule has 3 amide bonds. The van der Waals surface area contributed by atoms with Crippen LogP contribution in [0, 0.1) is 0 Å². The zero-order chi connectivity index (χ0) is 19.5. The molecule has 5 nitrogen and oxygen atoms in total. The number of benzene rings is 3. The Bertz CT molecular complexity index is 1010. The fraction of sp³-hybridized carbons (Fsp3) is 0.0870. The first-order chi connectivity index (χ1) is 13.6. The van der Waals surface area contributed by atoms with E-state index in [9.17, 15) is 14.4 Å². The molecule has 0 spiro atoms. The summed E-state index contributed by atoms with van der Waals surface area (Å²) in [5.41, 5.74) is 3.21. The molecule has 1 aliphatic rings. The Morgan fingerprint density at radius 2 is 1.36 bits per heavy atom. The third kappa shape index (κ3) is 3.42. The van der Waals surface area contributed by atoms with Crippen molar-refractivity contribution in [1.29, 1.82) is 0 Å². The Balaban J connectivity index is 1.47. The number of amides is 3. The topological polar surface area (TPSA) is 66.5 Å². The molecule has 1 atom stereocenters. The molecule has 3 aromatic rings. The predicted octanol–water partition coefficient (Wildman–Crippen LogP) is 3.83. The van der Waals surface area contributed by atoms with E-state index in [1.807, 2.05) is 48.5 Å². The van der Waals surface area contributed by atoms with Gasteiger partial charge in [-0.1, -0.05) is 84.9 Å². The van der Waals surface area contributed by atoms with Crippen LogP contribution < -0.4 is 5.32 Å². The molecular formula is C23H18N2O3. The van der Waals surface area contributed by atoms with Crippen LogP contribution in [0.4, 0.5) is 4.79 Å². The van der Waals surface area contributed by atoms with Crippen molar-refractivity contribution >= 4 is 17.7 Å². The molecular weight excluding hydrogens is 352 g/mol. The normalized spacial score (nSPS) is 16.1. The zero-order valence-corrected chi connectivity index (χ0v) is 15.0. The van der Waals surface area contributed by atoms with Crippen molar-refractivity contribution < 1.29 is 14.4 Å². The van der Waals surface area contributed by atoms with Crippen LogP contribution in [0.2, 0.25) is 0 Å². The van der Waals surface area contributed by atoms with Gasteiger partial charge < -0.3 is 5.32 Å². The van der Waals surface area contributed by atoms with Crippen LogP contribution in [0.1, 0.15) is 22.0 Å². The SMILES string of the molecule is O=C(CN1C(=O)NC(c2ccccc2)C1=O)c1ccc(-c2ccccc2)cc1. The maximum atomic E-state index is 12.6. The van der Waals surface area contributed by atoms with E-state index < -0.39 is 18.0 Å². The van der Waals surface area contributed by atoms with Crippen molar-refractivity contribution in [2.75, 3.05) is 6.54 Å². The van der Waals surface area contributed by atoms with E-state index in [2.05, 4.69) is 5.32 Å². The number of Topliss-reactive ketones (excluding diaryl/α,β-unsaturated/α-hetero) is 1. The Labute approximate surface area is 162 Å². The highest BCUT2D eigenvalue weighted by atomic mass is 16.2. The molecule has 1 saturated heterocycles. The fourth-order valence-electron chi connectivity index (χ4n) is 3.25. The third-order valence-corrected chi connectivity index (χ3v) is 4.77. The predicted molar refractivity (Wildman–Crippen MR) is 106 cm³/mol. The van der Waals surface area contributed by atoms with Gasteiger partial charge in [-0.2, -0.15) is 0 Å². The molecule has 3 aromatic carbocycles. The largest absolute Gasteiger partial charge is 0.325 e. The lowest BCUT2D eigenvalue weighted by atomic mass is 10.0. The van der Waals surface area contributed by atoms with E-state index in [1.54, 1.807) is 36.4 Å². The van der Waals surface area contributed by atoms with E-state index >= 15 is 0 Å². The molecule has 4 rings (SSSR count). The minimum Gasteiger partial charge on any atom is -0.322 e. The number of imide groups is 1. The van der Waals surface area contributed by atoms with Gasteiger partial charge in [-0.05, 0) is 16.7 Å². The first kappa shape index (κ1) is 17.7. The van der Waals surface area contributed by atoms with Gasteiger partial charge in [-0.15, -0.1) is 0 Å². The number of rotatable bonds is 5. The Kier molecular flexibility index (Phi) is 4.72. The molecule has 0 aromatic heterocycles. The second-order valence-electron chi connectivity index (χ2n) is 6.58. The Morgan fingerprint density at radius 3 is 2.00 bits per heavy atom. The minimum absolute atomic E-state index is 0.279. The highest BCUT2D eigenvalue weighted by molar-refractivity contribution is 6.09. The average Bonchev–Trinajstić information content (AvgIpc) is 3.03. The van der Waals surface area contributed by atoms with Crippen LogP contribution >= 0.6 is 0 Å². The summed E-state index contributed by atoms with van der Waals surface area (Å²) in [4.78, 5) is 38.4. The number of carbonyl (C=O) groups is 3. The third-order valence-electron chi connectivity index (χ3n) is 4.77. The van der Waals surface area contributed by atoms with E-state index in [0.717, 1.165) is 16.0 Å². The van der Waals surface area contributed by atoms with Crippen LogP contribution in [0.3, 0.4) is 0 Å². The van der Waals surface area contributed by atoms with E-state index in [-0.39, 0.29) is 12.3 Å². The minimum atomic E-state index is -0.748. The van der Waals surface area contributed by atoms with Gasteiger partial charge >= 0.3 is 6.03 Å². The second-order valence-corrected chi connectivity index (χ2v) is 6.58. The van der Waals surface area contributed by atoms with Gasteiger partial charge in [0.2, 0.25) is 0 Å². The van der Waals surface area contributed by atoms with Gasteiger partial charge in [0.25, 0.3) is 5.91 Å². The van der Waals surface area contributed by atoms with Crippen molar-refractivity contribution in [3.8, 4) is 11.1 Å². The number of hydrogen-bond acceptors (Lipinski definition) is 3. The van der Waals surface area contributed by atoms with Gasteiger partial charge in [0, 0.05) is 5.56 Å². The molecule has 1 unspecified atom stereocenters. The first-order valence-corrected chi connectivity index (χ1v) is 8.99. The monoisotopic (exact) mass is 370 g/mol. The number of ketones is 1. The van der Waals surface area contributed by atoms with Gasteiger partial charge in [-0.25, -0.2) is 4.79 Å². The quantitative estimate of drug-likeness (QED) is 0.548. The standard InChI is InChI=1S/C23H18N2O3/c26-20(18-13-11-17(12-14-18)16-7-3-1-4-8-16)15-25-22(27)21(24-23(25)28)19-9-5-2-6-10-19/h1-14,21H,15H2,(H,24,28). The lowest BCUT2D eigenvalue weighted by Gasteiger charge is -2.12. The Hall–Kier alpha value is -3.73. The van der Waals surface area contributed by atoms with Crippen LogP contribution in [0.5, 0.6) is 0 Å². The number of carbonyl (C=O) groups excluding carboxylic acids is 3. The lowest BCUT2D eigenvalue weighted by molar-refractivity contribution is -0.127. The average molecular weight is 370 g/mol. The van der Waals surface area contributed by atoms with Crippen LogP contribution in [-0.2, 0) is 4.79 Å². The lowest BCUT2D eigenvalue weighted by Crippen LogP contribution is -2.35. The highest BCUT2D eigenvalue weighted by Crippen LogP contribution is 2.23. The molecule has 138 valence electrons. The summed E-state index contributed by atoms with van der Waals surface area (Å²) >= 11 is 0. The molecule has 1 aliphatic heterocycles. The van der Waals surface area contributed by atoms with Crippen molar-refractivity contribution in [2.45, 2.75) is 6.04 Å². The molecule has 0 aliphatic carbocycles. The summed E-state index contributed by atoms with van der Waals surface area (Å²) in [5.74, 6) is -0.692. The zero-order valence-electron chi connectivity index (χ0n) is 15.0. The Morgan fingerprint density at radius 1 is 0.786 bits per heavy atom. The van der Waals surface area contributed by atoms with Crippen molar-refractivity contribution in [2.24, 2.45) is 0 Å². The second kappa shape index (κ2) is 7.48.